The number of benzene rings is 1. The van der Waals surface area contributed by atoms with E-state index in [1.807, 2.05) is 0 Å². The fourth-order valence-electron chi connectivity index (χ4n) is 2.09. The molecule has 1 unspecified atom stereocenters. The Labute approximate surface area is 106 Å². The molecule has 18 heavy (non-hydrogen) atoms. The Hall–Kier alpha value is -1.62. The molecular formula is C13H17FN2O2. The maximum absolute atomic E-state index is 13.6. The van der Waals surface area contributed by atoms with Gasteiger partial charge in [-0.15, -0.1) is 0 Å². The Kier molecular flexibility index (Phi) is 3.81. The lowest BCUT2D eigenvalue weighted by molar-refractivity contribution is 0.0583. The summed E-state index contributed by atoms with van der Waals surface area (Å²) in [7, 11) is 1.65. The van der Waals surface area contributed by atoms with E-state index < -0.39 is 5.82 Å². The topological polar surface area (TPSA) is 55.6 Å². The summed E-state index contributed by atoms with van der Waals surface area (Å²) in [6.07, 6.45) is 2.01. The molecule has 1 fully saturated rings. The van der Waals surface area contributed by atoms with Crippen molar-refractivity contribution in [2.24, 2.45) is 0 Å². The van der Waals surface area contributed by atoms with E-state index in [4.69, 9.17) is 10.5 Å². The number of likely N-dealkylation sites (N-methyl/N-ethyl adjacent to an activating group) is 1. The van der Waals surface area contributed by atoms with Crippen LogP contribution in [-0.4, -0.2) is 37.1 Å². The first kappa shape index (κ1) is 12.8. The number of nitrogens with zero attached hydrogens (tertiary/aromatic N) is 1. The molecule has 1 heterocycles. The third kappa shape index (κ3) is 2.79. The third-order valence-corrected chi connectivity index (χ3v) is 3.07. The van der Waals surface area contributed by atoms with E-state index in [2.05, 4.69) is 0 Å². The maximum Gasteiger partial charge on any atom is 0.256 e. The molecule has 1 aromatic rings. The molecule has 1 aromatic carbocycles. The molecular weight excluding hydrogens is 235 g/mol. The van der Waals surface area contributed by atoms with E-state index in [0.29, 0.717) is 12.2 Å². The standard InChI is InChI=1S/C13H17FN2O2/c1-16(8-10-3-2-6-18-10)13(17)11-7-9(15)4-5-12(11)14/h4-5,7,10H,2-3,6,8,15H2,1H3. The molecule has 0 radical (unpaired) electrons. The molecule has 1 aliphatic heterocycles. The summed E-state index contributed by atoms with van der Waals surface area (Å²) in [5.41, 5.74) is 5.96. The van der Waals surface area contributed by atoms with Crippen LogP contribution >= 0.6 is 0 Å². The van der Waals surface area contributed by atoms with Crippen molar-refractivity contribution in [3.63, 3.8) is 0 Å². The van der Waals surface area contributed by atoms with Crippen LogP contribution in [-0.2, 0) is 4.74 Å². The quantitative estimate of drug-likeness (QED) is 0.832. The fraction of sp³-hybridized carbons (Fsp3) is 0.462. The molecule has 1 amide bonds. The molecule has 1 atom stereocenters. The number of halogens is 1. The highest BCUT2D eigenvalue weighted by Gasteiger charge is 2.22. The summed E-state index contributed by atoms with van der Waals surface area (Å²) in [5, 5.41) is 0. The van der Waals surface area contributed by atoms with Crippen molar-refractivity contribution in [2.75, 3.05) is 25.9 Å². The maximum atomic E-state index is 13.6. The van der Waals surface area contributed by atoms with Crippen LogP contribution in [0.4, 0.5) is 10.1 Å². The average Bonchev–Trinajstić information content (AvgIpc) is 2.84. The van der Waals surface area contributed by atoms with Crippen LogP contribution in [0.3, 0.4) is 0 Å². The van der Waals surface area contributed by atoms with E-state index in [-0.39, 0.29) is 17.6 Å². The number of rotatable bonds is 3. The molecule has 0 bridgehead atoms. The zero-order valence-electron chi connectivity index (χ0n) is 10.4. The normalized spacial score (nSPS) is 18.9. The predicted octanol–water partition coefficient (Wildman–Crippen LogP) is 1.66. The van der Waals surface area contributed by atoms with Gasteiger partial charge in [0.15, 0.2) is 0 Å². The second-order valence-electron chi connectivity index (χ2n) is 4.56. The van der Waals surface area contributed by atoms with Crippen LogP contribution in [0, 0.1) is 5.82 Å². The highest BCUT2D eigenvalue weighted by Crippen LogP contribution is 2.17. The van der Waals surface area contributed by atoms with Gasteiger partial charge < -0.3 is 15.4 Å². The minimum Gasteiger partial charge on any atom is -0.399 e. The zero-order chi connectivity index (χ0) is 13.1. The first-order chi connectivity index (χ1) is 8.58. The Balaban J connectivity index is 2.07. The number of nitrogens with two attached hydrogens (primary N) is 1. The van der Waals surface area contributed by atoms with Gasteiger partial charge in [-0.05, 0) is 31.0 Å². The Morgan fingerprint density at radius 2 is 2.39 bits per heavy atom. The van der Waals surface area contributed by atoms with Crippen LogP contribution < -0.4 is 5.73 Å². The van der Waals surface area contributed by atoms with Crippen molar-refractivity contribution in [1.82, 2.24) is 4.90 Å². The summed E-state index contributed by atoms with van der Waals surface area (Å²) in [4.78, 5) is 13.6. The third-order valence-electron chi connectivity index (χ3n) is 3.07. The zero-order valence-corrected chi connectivity index (χ0v) is 10.4. The van der Waals surface area contributed by atoms with Gasteiger partial charge in [-0.25, -0.2) is 4.39 Å². The summed E-state index contributed by atoms with van der Waals surface area (Å²) < 4.78 is 19.0. The van der Waals surface area contributed by atoms with E-state index >= 15 is 0 Å². The molecule has 1 saturated heterocycles. The predicted molar refractivity (Wildman–Crippen MR) is 66.7 cm³/mol. The largest absolute Gasteiger partial charge is 0.399 e. The summed E-state index contributed by atoms with van der Waals surface area (Å²) in [6.45, 7) is 1.21. The average molecular weight is 252 g/mol. The van der Waals surface area contributed by atoms with Gasteiger partial charge in [-0.2, -0.15) is 0 Å². The second kappa shape index (κ2) is 5.35. The van der Waals surface area contributed by atoms with Gasteiger partial charge >= 0.3 is 0 Å². The number of hydrogen-bond acceptors (Lipinski definition) is 3. The first-order valence-electron chi connectivity index (χ1n) is 6.00. The van der Waals surface area contributed by atoms with Crippen molar-refractivity contribution in [3.8, 4) is 0 Å². The van der Waals surface area contributed by atoms with Crippen molar-refractivity contribution >= 4 is 11.6 Å². The number of ether oxygens (including phenoxy) is 1. The van der Waals surface area contributed by atoms with Gasteiger partial charge in [-0.1, -0.05) is 0 Å². The lowest BCUT2D eigenvalue weighted by Gasteiger charge is -2.21. The molecule has 98 valence electrons. The lowest BCUT2D eigenvalue weighted by atomic mass is 10.1. The minimum absolute atomic E-state index is 0.00972. The minimum atomic E-state index is -0.548. The molecule has 0 aromatic heterocycles. The Morgan fingerprint density at radius 3 is 3.06 bits per heavy atom. The number of hydrogen-bond donors (Lipinski definition) is 1. The van der Waals surface area contributed by atoms with E-state index in [9.17, 15) is 9.18 Å². The number of carbonyl (C=O) groups excluding carboxylic acids is 1. The Morgan fingerprint density at radius 1 is 1.61 bits per heavy atom. The van der Waals surface area contributed by atoms with Gasteiger partial charge in [0.25, 0.3) is 5.91 Å². The molecule has 2 N–H and O–H groups in total. The van der Waals surface area contributed by atoms with E-state index in [1.165, 1.54) is 23.1 Å². The molecule has 2 rings (SSSR count). The van der Waals surface area contributed by atoms with Gasteiger partial charge in [0.05, 0.1) is 11.7 Å². The van der Waals surface area contributed by atoms with Crippen molar-refractivity contribution in [3.05, 3.63) is 29.6 Å². The molecule has 1 aliphatic rings. The van der Waals surface area contributed by atoms with E-state index in [1.54, 1.807) is 7.05 Å². The number of anilines is 1. The smallest absolute Gasteiger partial charge is 0.256 e. The number of carbonyl (C=O) groups is 1. The van der Waals surface area contributed by atoms with Gasteiger partial charge in [0.1, 0.15) is 5.82 Å². The van der Waals surface area contributed by atoms with Crippen LogP contribution in [0.25, 0.3) is 0 Å². The fourth-order valence-corrected chi connectivity index (χ4v) is 2.09. The Bertz CT molecular complexity index is 445. The molecule has 4 nitrogen and oxygen atoms in total. The monoisotopic (exact) mass is 252 g/mol. The van der Waals surface area contributed by atoms with Crippen LogP contribution in [0.15, 0.2) is 18.2 Å². The first-order valence-corrected chi connectivity index (χ1v) is 6.00. The SMILES string of the molecule is CN(CC1CCCO1)C(=O)c1cc(N)ccc1F. The van der Waals surface area contributed by atoms with Crippen molar-refractivity contribution < 1.29 is 13.9 Å². The number of nitrogen functional groups attached to an aromatic ring is 1. The highest BCUT2D eigenvalue weighted by atomic mass is 19.1. The summed E-state index contributed by atoms with van der Waals surface area (Å²) in [5.74, 6) is -0.913. The van der Waals surface area contributed by atoms with Crippen LogP contribution in [0.1, 0.15) is 23.2 Å². The van der Waals surface area contributed by atoms with Gasteiger partial charge in [0.2, 0.25) is 0 Å². The van der Waals surface area contributed by atoms with Gasteiger partial charge in [0, 0.05) is 25.9 Å². The molecule has 0 saturated carbocycles. The molecule has 0 aliphatic carbocycles. The van der Waals surface area contributed by atoms with Gasteiger partial charge in [-0.3, -0.25) is 4.79 Å². The molecule has 0 spiro atoms. The summed E-state index contributed by atoms with van der Waals surface area (Å²) in [6, 6.07) is 4.01. The van der Waals surface area contributed by atoms with Crippen molar-refractivity contribution in [1.29, 1.82) is 0 Å². The van der Waals surface area contributed by atoms with E-state index in [0.717, 1.165) is 19.4 Å². The lowest BCUT2D eigenvalue weighted by Crippen LogP contribution is -2.34. The summed E-state index contributed by atoms with van der Waals surface area (Å²) >= 11 is 0. The van der Waals surface area contributed by atoms with Crippen LogP contribution in [0.2, 0.25) is 0 Å². The van der Waals surface area contributed by atoms with Crippen molar-refractivity contribution in [2.45, 2.75) is 18.9 Å². The number of amides is 1. The van der Waals surface area contributed by atoms with Crippen LogP contribution in [0.5, 0.6) is 0 Å². The molecule has 5 heteroatoms. The second-order valence-corrected chi connectivity index (χ2v) is 4.56. The highest BCUT2D eigenvalue weighted by molar-refractivity contribution is 5.95.